The van der Waals surface area contributed by atoms with Crippen LogP contribution in [0.3, 0.4) is 0 Å². The van der Waals surface area contributed by atoms with E-state index in [0.29, 0.717) is 18.1 Å². The largest absolute Gasteiger partial charge is 0.372 e. The van der Waals surface area contributed by atoms with E-state index >= 15 is 0 Å². The molecule has 0 saturated heterocycles. The average molecular weight is 279 g/mol. The van der Waals surface area contributed by atoms with Crippen LogP contribution < -0.4 is 5.73 Å². The Hall–Kier alpha value is -0.930. The summed E-state index contributed by atoms with van der Waals surface area (Å²) >= 11 is 0. The molecule has 2 N–H and O–H groups in total. The number of rotatable bonds is 6. The van der Waals surface area contributed by atoms with Gasteiger partial charge in [0.05, 0.1) is 6.61 Å². The van der Waals surface area contributed by atoms with E-state index in [9.17, 15) is 4.39 Å². The number of hydrogen-bond donors (Lipinski definition) is 1. The lowest BCUT2D eigenvalue weighted by molar-refractivity contribution is 0.00254. The zero-order valence-electron chi connectivity index (χ0n) is 12.4. The minimum Gasteiger partial charge on any atom is -0.372 e. The van der Waals surface area contributed by atoms with Crippen LogP contribution in [0.4, 0.5) is 4.39 Å². The highest BCUT2D eigenvalue weighted by Crippen LogP contribution is 2.29. The van der Waals surface area contributed by atoms with Crippen LogP contribution in [0.5, 0.6) is 0 Å². The molecular formula is C17H26FNO. The van der Waals surface area contributed by atoms with Gasteiger partial charge in [-0.2, -0.15) is 0 Å². The summed E-state index contributed by atoms with van der Waals surface area (Å²) < 4.78 is 20.0. The van der Waals surface area contributed by atoms with Gasteiger partial charge in [0.25, 0.3) is 0 Å². The van der Waals surface area contributed by atoms with Crippen molar-refractivity contribution in [3.8, 4) is 0 Å². The number of ether oxygens (including phenoxy) is 1. The minimum atomic E-state index is -0.330. The molecule has 2 atom stereocenters. The first-order valence-corrected chi connectivity index (χ1v) is 7.84. The summed E-state index contributed by atoms with van der Waals surface area (Å²) in [6.07, 6.45) is 6.82. The molecule has 0 spiro atoms. The first-order valence-electron chi connectivity index (χ1n) is 7.84. The van der Waals surface area contributed by atoms with Crippen molar-refractivity contribution >= 4 is 0 Å². The Morgan fingerprint density at radius 3 is 2.60 bits per heavy atom. The lowest BCUT2D eigenvalue weighted by Crippen LogP contribution is -2.31. The molecule has 0 aliphatic heterocycles. The Morgan fingerprint density at radius 1 is 1.25 bits per heavy atom. The summed E-state index contributed by atoms with van der Waals surface area (Å²) in [6, 6.07) is 6.66. The SMILES string of the molecule is CCC(N)C(OCC1CCCCC1)c1ccccc1F. The number of halogens is 1. The molecule has 2 nitrogen and oxygen atoms in total. The first kappa shape index (κ1) is 15.5. The number of hydrogen-bond acceptors (Lipinski definition) is 2. The highest BCUT2D eigenvalue weighted by atomic mass is 19.1. The molecule has 1 fully saturated rings. The molecule has 20 heavy (non-hydrogen) atoms. The zero-order valence-corrected chi connectivity index (χ0v) is 12.4. The van der Waals surface area contributed by atoms with Gasteiger partial charge in [0.2, 0.25) is 0 Å². The van der Waals surface area contributed by atoms with Gasteiger partial charge in [-0.05, 0) is 31.2 Å². The second kappa shape index (κ2) is 7.75. The van der Waals surface area contributed by atoms with E-state index < -0.39 is 0 Å². The Morgan fingerprint density at radius 2 is 1.95 bits per heavy atom. The van der Waals surface area contributed by atoms with Crippen LogP contribution in [-0.2, 0) is 4.74 Å². The maximum absolute atomic E-state index is 14.0. The Bertz CT molecular complexity index is 404. The molecule has 0 radical (unpaired) electrons. The van der Waals surface area contributed by atoms with Crippen LogP contribution in [0.2, 0.25) is 0 Å². The fourth-order valence-electron chi connectivity index (χ4n) is 2.96. The molecule has 0 amide bonds. The molecular weight excluding hydrogens is 253 g/mol. The summed E-state index contributed by atoms with van der Waals surface area (Å²) in [6.45, 7) is 2.72. The summed E-state index contributed by atoms with van der Waals surface area (Å²) in [5, 5.41) is 0. The lowest BCUT2D eigenvalue weighted by atomic mass is 9.90. The van der Waals surface area contributed by atoms with E-state index in [1.165, 1.54) is 38.2 Å². The van der Waals surface area contributed by atoms with Gasteiger partial charge in [0.1, 0.15) is 11.9 Å². The molecule has 0 aromatic heterocycles. The predicted molar refractivity (Wildman–Crippen MR) is 79.9 cm³/mol. The van der Waals surface area contributed by atoms with Crippen LogP contribution >= 0.6 is 0 Å². The Balaban J connectivity index is 2.02. The molecule has 0 heterocycles. The maximum Gasteiger partial charge on any atom is 0.129 e. The predicted octanol–water partition coefficient (Wildman–Crippen LogP) is 4.20. The average Bonchev–Trinajstić information content (AvgIpc) is 2.50. The van der Waals surface area contributed by atoms with E-state index in [1.807, 2.05) is 13.0 Å². The van der Waals surface area contributed by atoms with Crippen molar-refractivity contribution in [2.75, 3.05) is 6.61 Å². The standard InChI is InChI=1S/C17H26FNO/c1-2-16(19)17(14-10-6-7-11-15(14)18)20-12-13-8-4-3-5-9-13/h6-7,10-11,13,16-17H,2-5,8-9,12,19H2,1H3. The zero-order chi connectivity index (χ0) is 14.4. The van der Waals surface area contributed by atoms with Crippen molar-refractivity contribution in [1.29, 1.82) is 0 Å². The van der Waals surface area contributed by atoms with E-state index in [0.717, 1.165) is 6.42 Å². The van der Waals surface area contributed by atoms with E-state index in [-0.39, 0.29) is 18.0 Å². The normalized spacial score (nSPS) is 19.8. The number of benzene rings is 1. The van der Waals surface area contributed by atoms with Gasteiger partial charge in [-0.25, -0.2) is 4.39 Å². The second-order valence-corrected chi connectivity index (χ2v) is 5.85. The molecule has 1 aliphatic carbocycles. The molecule has 112 valence electrons. The lowest BCUT2D eigenvalue weighted by Gasteiger charge is -2.28. The molecule has 1 aromatic carbocycles. The number of nitrogens with two attached hydrogens (primary N) is 1. The maximum atomic E-state index is 14.0. The summed E-state index contributed by atoms with van der Waals surface area (Å²) in [4.78, 5) is 0. The third-order valence-corrected chi connectivity index (χ3v) is 4.31. The highest BCUT2D eigenvalue weighted by molar-refractivity contribution is 5.21. The van der Waals surface area contributed by atoms with E-state index in [4.69, 9.17) is 10.5 Å². The molecule has 1 saturated carbocycles. The van der Waals surface area contributed by atoms with E-state index in [2.05, 4.69) is 0 Å². The third-order valence-electron chi connectivity index (χ3n) is 4.31. The van der Waals surface area contributed by atoms with Gasteiger partial charge in [-0.15, -0.1) is 0 Å². The van der Waals surface area contributed by atoms with Crippen LogP contribution in [0.15, 0.2) is 24.3 Å². The summed E-state index contributed by atoms with van der Waals surface area (Å²) in [7, 11) is 0. The second-order valence-electron chi connectivity index (χ2n) is 5.85. The van der Waals surface area contributed by atoms with Crippen molar-refractivity contribution in [3.63, 3.8) is 0 Å². The van der Waals surface area contributed by atoms with Crippen molar-refractivity contribution in [2.24, 2.45) is 11.7 Å². The van der Waals surface area contributed by atoms with E-state index in [1.54, 1.807) is 12.1 Å². The van der Waals surface area contributed by atoms with Gasteiger partial charge >= 0.3 is 0 Å². The van der Waals surface area contributed by atoms with Gasteiger partial charge in [0, 0.05) is 11.6 Å². The van der Waals surface area contributed by atoms with Crippen LogP contribution in [0.1, 0.15) is 57.1 Å². The third kappa shape index (κ3) is 4.03. The topological polar surface area (TPSA) is 35.2 Å². The fraction of sp³-hybridized carbons (Fsp3) is 0.647. The van der Waals surface area contributed by atoms with Crippen LogP contribution in [0, 0.1) is 11.7 Å². The minimum absolute atomic E-state index is 0.157. The molecule has 0 bridgehead atoms. The summed E-state index contributed by atoms with van der Waals surface area (Å²) in [5.74, 6) is 0.395. The van der Waals surface area contributed by atoms with Gasteiger partial charge in [0.15, 0.2) is 0 Å². The van der Waals surface area contributed by atoms with Crippen LogP contribution in [0.25, 0.3) is 0 Å². The van der Waals surface area contributed by atoms with Crippen molar-refractivity contribution in [3.05, 3.63) is 35.6 Å². The summed E-state index contributed by atoms with van der Waals surface area (Å²) in [5.41, 5.74) is 6.74. The molecule has 2 rings (SSSR count). The smallest absolute Gasteiger partial charge is 0.129 e. The molecule has 1 aliphatic rings. The Labute approximate surface area is 121 Å². The first-order chi connectivity index (χ1) is 9.72. The van der Waals surface area contributed by atoms with Gasteiger partial charge in [-0.3, -0.25) is 0 Å². The molecule has 1 aromatic rings. The van der Waals surface area contributed by atoms with Crippen molar-refractivity contribution in [2.45, 2.75) is 57.6 Å². The van der Waals surface area contributed by atoms with Crippen molar-refractivity contribution in [1.82, 2.24) is 0 Å². The Kier molecular flexibility index (Phi) is 5.99. The quantitative estimate of drug-likeness (QED) is 0.847. The van der Waals surface area contributed by atoms with Gasteiger partial charge < -0.3 is 10.5 Å². The monoisotopic (exact) mass is 279 g/mol. The van der Waals surface area contributed by atoms with Crippen LogP contribution in [-0.4, -0.2) is 12.6 Å². The fourth-order valence-corrected chi connectivity index (χ4v) is 2.96. The molecule has 3 heteroatoms. The van der Waals surface area contributed by atoms with Gasteiger partial charge in [-0.1, -0.05) is 44.4 Å². The molecule has 2 unspecified atom stereocenters. The van der Waals surface area contributed by atoms with Crippen molar-refractivity contribution < 1.29 is 9.13 Å². The highest BCUT2D eigenvalue weighted by Gasteiger charge is 2.24.